The van der Waals surface area contributed by atoms with Gasteiger partial charge in [0, 0.05) is 11.4 Å². The molecule has 0 saturated heterocycles. The molecule has 6 nitrogen and oxygen atoms in total. The second kappa shape index (κ2) is 7.74. The van der Waals surface area contributed by atoms with E-state index >= 15 is 0 Å². The van der Waals surface area contributed by atoms with Crippen molar-refractivity contribution in [2.75, 3.05) is 12.3 Å². The van der Waals surface area contributed by atoms with Crippen molar-refractivity contribution in [3.63, 3.8) is 0 Å². The predicted molar refractivity (Wildman–Crippen MR) is 86.6 cm³/mol. The minimum atomic E-state index is -0.202. The molecule has 116 valence electrons. The second-order valence-corrected chi connectivity index (χ2v) is 5.95. The molecular weight excluding hydrogens is 300 g/mol. The summed E-state index contributed by atoms with van der Waals surface area (Å²) in [4.78, 5) is 31.6. The number of fused-ring (bicyclic) bond motifs is 1. The van der Waals surface area contributed by atoms with Crippen LogP contribution < -0.4 is 10.6 Å². The minimum absolute atomic E-state index is 0.0118. The lowest BCUT2D eigenvalue weighted by atomic mass is 10.2. The van der Waals surface area contributed by atoms with Crippen LogP contribution in [-0.2, 0) is 9.59 Å². The molecule has 0 radical (unpaired) electrons. The van der Waals surface area contributed by atoms with Crippen molar-refractivity contribution >= 4 is 34.5 Å². The van der Waals surface area contributed by atoms with Crippen molar-refractivity contribution in [3.05, 3.63) is 30.6 Å². The number of amides is 2. The van der Waals surface area contributed by atoms with Crippen LogP contribution in [0.3, 0.4) is 0 Å². The SMILES string of the molecule is CC(C)NC(=O)CNC(=O)CSc1ncnc2ccccc12. The normalized spacial score (nSPS) is 10.7. The van der Waals surface area contributed by atoms with E-state index in [2.05, 4.69) is 20.6 Å². The van der Waals surface area contributed by atoms with Crippen LogP contribution in [0.1, 0.15) is 13.8 Å². The monoisotopic (exact) mass is 318 g/mol. The van der Waals surface area contributed by atoms with Crippen LogP contribution in [0.4, 0.5) is 0 Å². The maximum atomic E-state index is 11.8. The molecule has 1 aromatic carbocycles. The van der Waals surface area contributed by atoms with Crippen LogP contribution >= 0.6 is 11.8 Å². The first kappa shape index (κ1) is 16.2. The Hall–Kier alpha value is -2.15. The fourth-order valence-electron chi connectivity index (χ4n) is 1.83. The summed E-state index contributed by atoms with van der Waals surface area (Å²) in [5.41, 5.74) is 0.844. The van der Waals surface area contributed by atoms with E-state index in [0.717, 1.165) is 15.9 Å². The smallest absolute Gasteiger partial charge is 0.239 e. The first-order chi connectivity index (χ1) is 10.6. The maximum Gasteiger partial charge on any atom is 0.239 e. The fraction of sp³-hybridized carbons (Fsp3) is 0.333. The molecular formula is C15H18N4O2S. The highest BCUT2D eigenvalue weighted by molar-refractivity contribution is 8.00. The maximum absolute atomic E-state index is 11.8. The number of carbonyl (C=O) groups is 2. The van der Waals surface area contributed by atoms with Crippen molar-refractivity contribution < 1.29 is 9.59 Å². The summed E-state index contributed by atoms with van der Waals surface area (Å²) in [5, 5.41) is 6.98. The van der Waals surface area contributed by atoms with Crippen molar-refractivity contribution in [2.45, 2.75) is 24.9 Å². The average molecular weight is 318 g/mol. The Morgan fingerprint density at radius 3 is 2.73 bits per heavy atom. The van der Waals surface area contributed by atoms with Crippen LogP contribution in [0.25, 0.3) is 10.9 Å². The van der Waals surface area contributed by atoms with E-state index in [0.29, 0.717) is 0 Å². The summed E-state index contributed by atoms with van der Waals surface area (Å²) < 4.78 is 0. The van der Waals surface area contributed by atoms with Crippen LogP contribution in [-0.4, -0.2) is 40.1 Å². The van der Waals surface area contributed by atoms with Gasteiger partial charge in [-0.25, -0.2) is 9.97 Å². The lowest BCUT2D eigenvalue weighted by Gasteiger charge is -2.09. The first-order valence-corrected chi connectivity index (χ1v) is 7.93. The Morgan fingerprint density at radius 2 is 1.95 bits per heavy atom. The second-order valence-electron chi connectivity index (χ2n) is 4.98. The summed E-state index contributed by atoms with van der Waals surface area (Å²) in [5.74, 6) is -0.192. The zero-order valence-electron chi connectivity index (χ0n) is 12.5. The number of nitrogens with one attached hydrogen (secondary N) is 2. The van der Waals surface area contributed by atoms with Crippen LogP contribution in [0, 0.1) is 0 Å². The lowest BCUT2D eigenvalue weighted by Crippen LogP contribution is -2.40. The standard InChI is InChI=1S/C15H18N4O2S/c1-10(2)19-13(20)7-16-14(21)8-22-15-11-5-3-4-6-12(11)17-9-18-15/h3-6,9-10H,7-8H2,1-2H3,(H,16,21)(H,19,20). The van der Waals surface area contributed by atoms with Gasteiger partial charge in [0.05, 0.1) is 17.8 Å². The number of nitrogens with zero attached hydrogens (tertiary/aromatic N) is 2. The van der Waals surface area contributed by atoms with Gasteiger partial charge in [-0.1, -0.05) is 30.0 Å². The molecule has 1 heterocycles. The van der Waals surface area contributed by atoms with Crippen molar-refractivity contribution in [1.82, 2.24) is 20.6 Å². The topological polar surface area (TPSA) is 84.0 Å². The Labute approximate surface area is 133 Å². The molecule has 0 aliphatic carbocycles. The summed E-state index contributed by atoms with van der Waals surface area (Å²) >= 11 is 1.33. The number of para-hydroxylation sites is 1. The molecule has 0 bridgehead atoms. The molecule has 0 aliphatic rings. The van der Waals surface area contributed by atoms with Crippen molar-refractivity contribution in [1.29, 1.82) is 0 Å². The molecule has 0 fully saturated rings. The molecule has 2 rings (SSSR count). The van der Waals surface area contributed by atoms with Gasteiger partial charge in [-0.15, -0.1) is 0 Å². The highest BCUT2D eigenvalue weighted by Gasteiger charge is 2.09. The third-order valence-corrected chi connectivity index (χ3v) is 3.75. The third-order valence-electron chi connectivity index (χ3n) is 2.74. The summed E-state index contributed by atoms with van der Waals surface area (Å²) in [6, 6.07) is 7.70. The molecule has 22 heavy (non-hydrogen) atoms. The van der Waals surface area contributed by atoms with Gasteiger partial charge in [0.2, 0.25) is 11.8 Å². The van der Waals surface area contributed by atoms with Gasteiger partial charge < -0.3 is 10.6 Å². The largest absolute Gasteiger partial charge is 0.352 e. The van der Waals surface area contributed by atoms with Gasteiger partial charge in [0.1, 0.15) is 11.4 Å². The van der Waals surface area contributed by atoms with Crippen LogP contribution in [0.5, 0.6) is 0 Å². The van der Waals surface area contributed by atoms with Crippen LogP contribution in [0.2, 0.25) is 0 Å². The number of rotatable bonds is 6. The fourth-order valence-corrected chi connectivity index (χ4v) is 2.65. The zero-order chi connectivity index (χ0) is 15.9. The van der Waals surface area contributed by atoms with E-state index in [4.69, 9.17) is 0 Å². The third kappa shape index (κ3) is 4.70. The Kier molecular flexibility index (Phi) is 5.71. The zero-order valence-corrected chi connectivity index (χ0v) is 13.3. The first-order valence-electron chi connectivity index (χ1n) is 6.95. The molecule has 7 heteroatoms. The number of hydrogen-bond acceptors (Lipinski definition) is 5. The minimum Gasteiger partial charge on any atom is -0.352 e. The quantitative estimate of drug-likeness (QED) is 0.621. The van der Waals surface area contributed by atoms with Gasteiger partial charge in [-0.05, 0) is 19.9 Å². The molecule has 0 saturated carbocycles. The predicted octanol–water partition coefficient (Wildman–Crippen LogP) is 1.36. The Bertz CT molecular complexity index is 670. The Morgan fingerprint density at radius 1 is 1.18 bits per heavy atom. The van der Waals surface area contributed by atoms with Crippen molar-refractivity contribution in [2.24, 2.45) is 0 Å². The Balaban J connectivity index is 1.87. The number of aromatic nitrogens is 2. The number of hydrogen-bond donors (Lipinski definition) is 2. The molecule has 2 aromatic rings. The molecule has 0 spiro atoms. The number of thioether (sulfide) groups is 1. The van der Waals surface area contributed by atoms with E-state index in [9.17, 15) is 9.59 Å². The van der Waals surface area contributed by atoms with E-state index in [1.807, 2.05) is 38.1 Å². The highest BCUT2D eigenvalue weighted by Crippen LogP contribution is 2.23. The van der Waals surface area contributed by atoms with E-state index in [1.54, 1.807) is 0 Å². The molecule has 1 aromatic heterocycles. The molecule has 0 aliphatic heterocycles. The van der Waals surface area contributed by atoms with Gasteiger partial charge in [-0.2, -0.15) is 0 Å². The lowest BCUT2D eigenvalue weighted by molar-refractivity contribution is -0.125. The van der Waals surface area contributed by atoms with Gasteiger partial charge >= 0.3 is 0 Å². The summed E-state index contributed by atoms with van der Waals surface area (Å²) in [6.07, 6.45) is 1.48. The van der Waals surface area contributed by atoms with E-state index in [1.165, 1.54) is 18.1 Å². The molecule has 0 atom stereocenters. The summed E-state index contributed by atoms with van der Waals surface area (Å²) in [6.45, 7) is 3.73. The number of benzene rings is 1. The van der Waals surface area contributed by atoms with E-state index in [-0.39, 0.29) is 30.2 Å². The summed E-state index contributed by atoms with van der Waals surface area (Å²) in [7, 11) is 0. The number of carbonyl (C=O) groups excluding carboxylic acids is 2. The van der Waals surface area contributed by atoms with Gasteiger partial charge in [0.25, 0.3) is 0 Å². The molecule has 2 amide bonds. The van der Waals surface area contributed by atoms with Crippen molar-refractivity contribution in [3.8, 4) is 0 Å². The average Bonchev–Trinajstić information content (AvgIpc) is 2.50. The van der Waals surface area contributed by atoms with Gasteiger partial charge in [0.15, 0.2) is 0 Å². The molecule has 0 unspecified atom stereocenters. The van der Waals surface area contributed by atoms with Gasteiger partial charge in [-0.3, -0.25) is 9.59 Å². The highest BCUT2D eigenvalue weighted by atomic mass is 32.2. The van der Waals surface area contributed by atoms with E-state index < -0.39 is 0 Å². The molecule has 2 N–H and O–H groups in total. The van der Waals surface area contributed by atoms with Crippen LogP contribution in [0.15, 0.2) is 35.6 Å².